The Labute approximate surface area is 133 Å². The summed E-state index contributed by atoms with van der Waals surface area (Å²) in [5.74, 6) is 1.17. The van der Waals surface area contributed by atoms with E-state index in [-0.39, 0.29) is 6.61 Å². The normalized spacial score (nSPS) is 12.6. The number of hydrogen-bond donors (Lipinski definition) is 2. The summed E-state index contributed by atoms with van der Waals surface area (Å²) in [4.78, 5) is 21.4. The number of anilines is 1. The highest BCUT2D eigenvalue weighted by Crippen LogP contribution is 2.32. The Hall–Kier alpha value is -1.73. The Morgan fingerprint density at radius 3 is 2.77 bits per heavy atom. The van der Waals surface area contributed by atoms with Gasteiger partial charge in [0.2, 0.25) is 0 Å². The monoisotopic (exact) mass is 323 g/mol. The summed E-state index contributed by atoms with van der Waals surface area (Å²) in [7, 11) is 1.29. The van der Waals surface area contributed by atoms with Crippen LogP contribution in [0.2, 0.25) is 0 Å². The number of aliphatic hydroxyl groups is 1. The van der Waals surface area contributed by atoms with Gasteiger partial charge in [0, 0.05) is 0 Å². The molecule has 0 saturated heterocycles. The zero-order valence-corrected chi connectivity index (χ0v) is 14.0. The number of carbonyl (C=O) groups is 1. The maximum absolute atomic E-state index is 11.7. The highest BCUT2D eigenvalue weighted by atomic mass is 32.1. The second-order valence-electron chi connectivity index (χ2n) is 5.56. The van der Waals surface area contributed by atoms with Gasteiger partial charge in [0.15, 0.2) is 0 Å². The first-order valence-electron chi connectivity index (χ1n) is 7.16. The smallest absolute Gasteiger partial charge is 0.330 e. The quantitative estimate of drug-likeness (QED) is 0.792. The van der Waals surface area contributed by atoms with Gasteiger partial charge in [-0.3, -0.25) is 0 Å². The second-order valence-corrected chi connectivity index (χ2v) is 6.42. The third kappa shape index (κ3) is 3.53. The van der Waals surface area contributed by atoms with Crippen molar-refractivity contribution in [2.75, 3.05) is 19.0 Å². The molecular weight excluding hydrogens is 302 g/mol. The van der Waals surface area contributed by atoms with Crippen LogP contribution in [0.25, 0.3) is 10.2 Å². The third-order valence-electron chi connectivity index (χ3n) is 3.23. The molecular formula is C15H21N3O3S. The van der Waals surface area contributed by atoms with Crippen LogP contribution in [0, 0.1) is 12.8 Å². The van der Waals surface area contributed by atoms with Gasteiger partial charge in [0.05, 0.1) is 19.1 Å². The van der Waals surface area contributed by atoms with Gasteiger partial charge in [-0.25, -0.2) is 14.8 Å². The third-order valence-corrected chi connectivity index (χ3v) is 4.15. The van der Waals surface area contributed by atoms with Crippen LogP contribution in [0.5, 0.6) is 0 Å². The first kappa shape index (κ1) is 16.6. The number of nitrogens with zero attached hydrogens (tertiary/aromatic N) is 2. The van der Waals surface area contributed by atoms with Crippen LogP contribution in [-0.4, -0.2) is 40.8 Å². The predicted molar refractivity (Wildman–Crippen MR) is 87.2 cm³/mol. The van der Waals surface area contributed by atoms with E-state index in [9.17, 15) is 9.90 Å². The lowest BCUT2D eigenvalue weighted by Crippen LogP contribution is -2.34. The number of fused-ring (bicyclic) bond motifs is 1. The molecule has 22 heavy (non-hydrogen) atoms. The molecule has 0 aromatic carbocycles. The number of aliphatic hydroxyl groups excluding tert-OH is 1. The number of esters is 1. The van der Waals surface area contributed by atoms with E-state index in [1.54, 1.807) is 18.3 Å². The number of rotatable bonds is 6. The Balaban J connectivity index is 2.46. The minimum absolute atomic E-state index is 0.360. The Morgan fingerprint density at radius 1 is 1.45 bits per heavy atom. The van der Waals surface area contributed by atoms with Crippen molar-refractivity contribution in [3.05, 3.63) is 16.8 Å². The minimum atomic E-state index is -0.839. The number of nitrogens with one attached hydrogen (secondary N) is 1. The van der Waals surface area contributed by atoms with Crippen molar-refractivity contribution in [3.8, 4) is 0 Å². The number of thiophene rings is 1. The van der Waals surface area contributed by atoms with E-state index in [0.29, 0.717) is 17.6 Å². The average molecular weight is 323 g/mol. The lowest BCUT2D eigenvalue weighted by Gasteiger charge is -2.16. The molecule has 2 heterocycles. The summed E-state index contributed by atoms with van der Waals surface area (Å²) in [5.41, 5.74) is 1.15. The lowest BCUT2D eigenvalue weighted by atomic mass is 10.0. The topological polar surface area (TPSA) is 84.3 Å². The molecule has 7 heteroatoms. The van der Waals surface area contributed by atoms with Crippen LogP contribution in [0.3, 0.4) is 0 Å². The van der Waals surface area contributed by atoms with E-state index in [2.05, 4.69) is 34.5 Å². The zero-order valence-electron chi connectivity index (χ0n) is 13.2. The number of ether oxygens (including phenoxy) is 1. The molecule has 0 amide bonds. The number of hydrogen-bond acceptors (Lipinski definition) is 7. The van der Waals surface area contributed by atoms with E-state index >= 15 is 0 Å². The van der Waals surface area contributed by atoms with Crippen LogP contribution in [0.1, 0.15) is 25.2 Å². The van der Waals surface area contributed by atoms with Crippen LogP contribution < -0.4 is 5.32 Å². The van der Waals surface area contributed by atoms with Crippen molar-refractivity contribution in [1.29, 1.82) is 0 Å². The fourth-order valence-corrected chi connectivity index (χ4v) is 3.29. The molecule has 0 saturated carbocycles. The number of aryl methyl sites for hydroxylation is 1. The summed E-state index contributed by atoms with van der Waals surface area (Å²) in [6.07, 6.45) is 0.906. The fraction of sp³-hybridized carbons (Fsp3) is 0.533. The van der Waals surface area contributed by atoms with E-state index in [1.165, 1.54) is 7.11 Å². The van der Waals surface area contributed by atoms with Gasteiger partial charge in [-0.2, -0.15) is 0 Å². The molecule has 1 atom stereocenters. The molecule has 0 aliphatic rings. The Bertz CT molecular complexity index is 669. The fourth-order valence-electron chi connectivity index (χ4n) is 2.29. The number of carbonyl (C=O) groups excluding carboxylic acids is 1. The van der Waals surface area contributed by atoms with Crippen molar-refractivity contribution in [2.24, 2.45) is 5.92 Å². The van der Waals surface area contributed by atoms with Crippen molar-refractivity contribution in [1.82, 2.24) is 9.97 Å². The van der Waals surface area contributed by atoms with Gasteiger partial charge < -0.3 is 15.2 Å². The summed E-state index contributed by atoms with van der Waals surface area (Å²) >= 11 is 1.56. The average Bonchev–Trinajstić information content (AvgIpc) is 2.85. The molecule has 2 aromatic rings. The van der Waals surface area contributed by atoms with Crippen LogP contribution >= 0.6 is 11.3 Å². The first-order chi connectivity index (χ1) is 10.5. The van der Waals surface area contributed by atoms with Crippen molar-refractivity contribution in [2.45, 2.75) is 33.2 Å². The molecule has 2 rings (SSSR count). The van der Waals surface area contributed by atoms with Crippen molar-refractivity contribution >= 4 is 33.3 Å². The van der Waals surface area contributed by atoms with E-state index < -0.39 is 12.0 Å². The molecule has 2 N–H and O–H groups in total. The molecule has 0 radical (unpaired) electrons. The SMILES string of the molecule is COC(=O)[C@@H](CO)Nc1nc(C)nc2scc(CC(C)C)c12. The largest absolute Gasteiger partial charge is 0.467 e. The summed E-state index contributed by atoms with van der Waals surface area (Å²) < 4.78 is 4.69. The molecule has 0 spiro atoms. The minimum Gasteiger partial charge on any atom is -0.467 e. The molecule has 0 aliphatic heterocycles. The zero-order chi connectivity index (χ0) is 16.3. The van der Waals surface area contributed by atoms with E-state index in [0.717, 1.165) is 22.2 Å². The van der Waals surface area contributed by atoms with Gasteiger partial charge in [-0.05, 0) is 30.2 Å². The molecule has 6 nitrogen and oxygen atoms in total. The summed E-state index contributed by atoms with van der Waals surface area (Å²) in [6, 6.07) is -0.839. The Morgan fingerprint density at radius 2 is 2.18 bits per heavy atom. The van der Waals surface area contributed by atoms with Gasteiger partial charge in [-0.15, -0.1) is 11.3 Å². The van der Waals surface area contributed by atoms with Gasteiger partial charge in [0.1, 0.15) is 22.5 Å². The second kappa shape index (κ2) is 7.02. The standard InChI is InChI=1S/C15H21N3O3S/c1-8(2)5-10-7-22-14-12(10)13(16-9(3)17-14)18-11(6-19)15(20)21-4/h7-8,11,19H,5-6H2,1-4H3,(H,16,17,18)/t11-/m1/s1. The molecule has 0 aliphatic carbocycles. The van der Waals surface area contributed by atoms with Crippen molar-refractivity contribution in [3.63, 3.8) is 0 Å². The number of methoxy groups -OCH3 is 1. The van der Waals surface area contributed by atoms with Gasteiger partial charge in [0.25, 0.3) is 0 Å². The molecule has 0 fully saturated rings. The van der Waals surface area contributed by atoms with Gasteiger partial charge >= 0.3 is 5.97 Å². The Kier molecular flexibility index (Phi) is 5.31. The van der Waals surface area contributed by atoms with E-state index in [1.807, 2.05) is 0 Å². The highest BCUT2D eigenvalue weighted by Gasteiger charge is 2.21. The maximum atomic E-state index is 11.7. The maximum Gasteiger partial charge on any atom is 0.330 e. The van der Waals surface area contributed by atoms with Crippen molar-refractivity contribution < 1.29 is 14.6 Å². The lowest BCUT2D eigenvalue weighted by molar-refractivity contribution is -0.142. The number of aromatic nitrogens is 2. The first-order valence-corrected chi connectivity index (χ1v) is 8.04. The molecule has 2 aromatic heterocycles. The van der Waals surface area contributed by atoms with Crippen LogP contribution in [0.15, 0.2) is 5.38 Å². The molecule has 0 bridgehead atoms. The van der Waals surface area contributed by atoms with Crippen LogP contribution in [0.4, 0.5) is 5.82 Å². The predicted octanol–water partition coefficient (Wildman–Crippen LogP) is 2.14. The molecule has 0 unspecified atom stereocenters. The van der Waals surface area contributed by atoms with E-state index in [4.69, 9.17) is 4.74 Å². The summed E-state index contributed by atoms with van der Waals surface area (Å²) in [6.45, 7) is 5.74. The van der Waals surface area contributed by atoms with Gasteiger partial charge in [-0.1, -0.05) is 13.8 Å². The highest BCUT2D eigenvalue weighted by molar-refractivity contribution is 7.17. The molecule has 120 valence electrons. The summed E-state index contributed by atoms with van der Waals surface area (Å²) in [5, 5.41) is 15.4. The van der Waals surface area contributed by atoms with Crippen LogP contribution in [-0.2, 0) is 16.0 Å².